The molecule has 0 fully saturated rings. The normalized spacial score (nSPS) is 10.7. The van der Waals surface area contributed by atoms with E-state index in [0.29, 0.717) is 29.2 Å². The number of hydrogen-bond donors (Lipinski definition) is 2. The Balaban J connectivity index is 2.30. The summed E-state index contributed by atoms with van der Waals surface area (Å²) in [5.41, 5.74) is 8.39. The molecule has 19 heavy (non-hydrogen) atoms. The highest BCUT2D eigenvalue weighted by Gasteiger charge is 2.18. The second-order valence-corrected chi connectivity index (χ2v) is 4.44. The molecule has 7 nitrogen and oxygen atoms in total. The van der Waals surface area contributed by atoms with Crippen LogP contribution in [0.25, 0.3) is 0 Å². The predicted octanol–water partition coefficient (Wildman–Crippen LogP) is 0.859. The van der Waals surface area contributed by atoms with E-state index in [9.17, 15) is 4.79 Å². The second kappa shape index (κ2) is 4.75. The zero-order valence-corrected chi connectivity index (χ0v) is 11.6. The molecule has 2 heterocycles. The van der Waals surface area contributed by atoms with E-state index >= 15 is 0 Å². The molecule has 2 rings (SSSR count). The Labute approximate surface area is 111 Å². The van der Waals surface area contributed by atoms with Crippen LogP contribution in [0, 0.1) is 6.92 Å². The lowest BCUT2D eigenvalue weighted by molar-refractivity contribution is 0.102. The van der Waals surface area contributed by atoms with Gasteiger partial charge in [0.05, 0.1) is 22.6 Å². The average Bonchev–Trinajstić information content (AvgIpc) is 2.85. The molecule has 0 saturated heterocycles. The van der Waals surface area contributed by atoms with E-state index in [1.807, 2.05) is 6.92 Å². The number of nitrogens with one attached hydrogen (secondary N) is 1. The van der Waals surface area contributed by atoms with Gasteiger partial charge >= 0.3 is 0 Å². The smallest absolute Gasteiger partial charge is 0.260 e. The molecule has 3 N–H and O–H groups in total. The van der Waals surface area contributed by atoms with Crippen molar-refractivity contribution in [2.45, 2.75) is 20.3 Å². The van der Waals surface area contributed by atoms with Gasteiger partial charge < -0.3 is 11.1 Å². The highest BCUT2D eigenvalue weighted by molar-refractivity contribution is 6.05. The van der Waals surface area contributed by atoms with Gasteiger partial charge in [0.1, 0.15) is 0 Å². The third kappa shape index (κ3) is 2.31. The monoisotopic (exact) mass is 262 g/mol. The summed E-state index contributed by atoms with van der Waals surface area (Å²) in [5, 5.41) is 11.2. The first-order valence-corrected chi connectivity index (χ1v) is 6.07. The summed E-state index contributed by atoms with van der Waals surface area (Å²) in [6, 6.07) is 0. The molecule has 0 bridgehead atoms. The van der Waals surface area contributed by atoms with Gasteiger partial charge in [0.15, 0.2) is 5.82 Å². The fourth-order valence-corrected chi connectivity index (χ4v) is 1.98. The minimum Gasteiger partial charge on any atom is -0.394 e. The molecular formula is C12H18N6O. The van der Waals surface area contributed by atoms with E-state index in [0.717, 1.165) is 5.69 Å². The van der Waals surface area contributed by atoms with E-state index in [2.05, 4.69) is 15.5 Å². The van der Waals surface area contributed by atoms with Crippen molar-refractivity contribution in [2.75, 3.05) is 11.1 Å². The number of carbonyl (C=O) groups excluding carboxylic acids is 1. The molecule has 0 radical (unpaired) electrons. The maximum Gasteiger partial charge on any atom is 0.260 e. The zero-order chi connectivity index (χ0) is 14.2. The lowest BCUT2D eigenvalue weighted by atomic mass is 10.2. The summed E-state index contributed by atoms with van der Waals surface area (Å²) in [4.78, 5) is 12.3. The van der Waals surface area contributed by atoms with Crippen LogP contribution in [0.3, 0.4) is 0 Å². The molecule has 7 heteroatoms. The van der Waals surface area contributed by atoms with Crippen molar-refractivity contribution in [3.05, 3.63) is 23.1 Å². The van der Waals surface area contributed by atoms with Crippen molar-refractivity contribution in [1.82, 2.24) is 19.6 Å². The van der Waals surface area contributed by atoms with Crippen LogP contribution in [0.15, 0.2) is 6.20 Å². The number of aromatic nitrogens is 4. The zero-order valence-electron chi connectivity index (χ0n) is 11.6. The largest absolute Gasteiger partial charge is 0.394 e. The average molecular weight is 262 g/mol. The molecule has 0 unspecified atom stereocenters. The van der Waals surface area contributed by atoms with E-state index in [-0.39, 0.29) is 5.91 Å². The molecular weight excluding hydrogens is 244 g/mol. The molecule has 0 saturated carbocycles. The summed E-state index contributed by atoms with van der Waals surface area (Å²) in [6.07, 6.45) is 2.40. The van der Waals surface area contributed by atoms with Crippen LogP contribution in [-0.4, -0.2) is 25.5 Å². The molecule has 0 spiro atoms. The molecule has 0 atom stereocenters. The fraction of sp³-hybridized carbons (Fsp3) is 0.417. The standard InChI is InChI=1S/C12H18N6O/c1-5-9-8(6-17(3)16-9)12(19)14-11-10(13)7(2)15-18(11)4/h6H,5,13H2,1-4H3,(H,14,19). The predicted molar refractivity (Wildman–Crippen MR) is 72.9 cm³/mol. The second-order valence-electron chi connectivity index (χ2n) is 4.44. The number of nitrogens with zero attached hydrogens (tertiary/aromatic N) is 4. The highest BCUT2D eigenvalue weighted by Crippen LogP contribution is 2.22. The molecule has 2 aromatic heterocycles. The first kappa shape index (κ1) is 13.1. The SMILES string of the molecule is CCc1nn(C)cc1C(=O)Nc1c(N)c(C)nn1C. The van der Waals surface area contributed by atoms with Gasteiger partial charge in [0.2, 0.25) is 0 Å². The number of hydrogen-bond acceptors (Lipinski definition) is 4. The molecule has 0 aromatic carbocycles. The summed E-state index contributed by atoms with van der Waals surface area (Å²) < 4.78 is 3.19. The number of amides is 1. The van der Waals surface area contributed by atoms with Crippen molar-refractivity contribution >= 4 is 17.4 Å². The minimum atomic E-state index is -0.223. The van der Waals surface area contributed by atoms with Gasteiger partial charge in [0, 0.05) is 20.3 Å². The van der Waals surface area contributed by atoms with Crippen molar-refractivity contribution in [1.29, 1.82) is 0 Å². The van der Waals surface area contributed by atoms with Crippen LogP contribution in [0.5, 0.6) is 0 Å². The van der Waals surface area contributed by atoms with Gasteiger partial charge in [0.25, 0.3) is 5.91 Å². The minimum absolute atomic E-state index is 0.223. The number of nitrogen functional groups attached to an aromatic ring is 1. The van der Waals surface area contributed by atoms with Crippen LogP contribution in [0.1, 0.15) is 28.7 Å². The Hall–Kier alpha value is -2.31. The maximum atomic E-state index is 12.3. The molecule has 1 amide bonds. The number of anilines is 2. The summed E-state index contributed by atoms with van der Waals surface area (Å²) in [5.74, 6) is 0.285. The highest BCUT2D eigenvalue weighted by atomic mass is 16.1. The van der Waals surface area contributed by atoms with Gasteiger partial charge in [-0.15, -0.1) is 0 Å². The van der Waals surface area contributed by atoms with Gasteiger partial charge in [-0.05, 0) is 13.3 Å². The van der Waals surface area contributed by atoms with Crippen LogP contribution < -0.4 is 11.1 Å². The number of nitrogens with two attached hydrogens (primary N) is 1. The van der Waals surface area contributed by atoms with E-state index < -0.39 is 0 Å². The van der Waals surface area contributed by atoms with Crippen LogP contribution in [0.4, 0.5) is 11.5 Å². The van der Waals surface area contributed by atoms with Gasteiger partial charge in [-0.3, -0.25) is 14.2 Å². The number of carbonyl (C=O) groups is 1. The molecule has 2 aromatic rings. The van der Waals surface area contributed by atoms with Crippen LogP contribution in [-0.2, 0) is 20.5 Å². The van der Waals surface area contributed by atoms with E-state index in [4.69, 9.17) is 5.73 Å². The molecule has 0 aliphatic carbocycles. The third-order valence-corrected chi connectivity index (χ3v) is 2.99. The van der Waals surface area contributed by atoms with Crippen molar-refractivity contribution < 1.29 is 4.79 Å². The van der Waals surface area contributed by atoms with Crippen LogP contribution in [0.2, 0.25) is 0 Å². The van der Waals surface area contributed by atoms with Crippen molar-refractivity contribution in [2.24, 2.45) is 14.1 Å². The van der Waals surface area contributed by atoms with Crippen LogP contribution >= 0.6 is 0 Å². The summed E-state index contributed by atoms with van der Waals surface area (Å²) >= 11 is 0. The Morgan fingerprint density at radius 3 is 2.63 bits per heavy atom. The quantitative estimate of drug-likeness (QED) is 0.858. The summed E-state index contributed by atoms with van der Waals surface area (Å²) in [7, 11) is 3.53. The van der Waals surface area contributed by atoms with Crippen molar-refractivity contribution in [3.63, 3.8) is 0 Å². The topological polar surface area (TPSA) is 90.8 Å². The van der Waals surface area contributed by atoms with Crippen molar-refractivity contribution in [3.8, 4) is 0 Å². The molecule has 0 aliphatic rings. The molecule has 102 valence electrons. The first-order valence-electron chi connectivity index (χ1n) is 6.07. The molecule has 0 aliphatic heterocycles. The third-order valence-electron chi connectivity index (χ3n) is 2.99. The lowest BCUT2D eigenvalue weighted by Crippen LogP contribution is -2.16. The van der Waals surface area contributed by atoms with Gasteiger partial charge in [-0.25, -0.2) is 0 Å². The van der Waals surface area contributed by atoms with Gasteiger partial charge in [-0.2, -0.15) is 10.2 Å². The Kier molecular flexibility index (Phi) is 3.28. The van der Waals surface area contributed by atoms with E-state index in [1.54, 1.807) is 36.6 Å². The first-order chi connectivity index (χ1) is 8.93. The van der Waals surface area contributed by atoms with Gasteiger partial charge in [-0.1, -0.05) is 6.92 Å². The van der Waals surface area contributed by atoms with E-state index in [1.165, 1.54) is 0 Å². The number of aryl methyl sites for hydroxylation is 4. The maximum absolute atomic E-state index is 12.3. The Morgan fingerprint density at radius 1 is 1.42 bits per heavy atom. The summed E-state index contributed by atoms with van der Waals surface area (Å²) in [6.45, 7) is 3.76. The lowest BCUT2D eigenvalue weighted by Gasteiger charge is -2.06. The fourth-order valence-electron chi connectivity index (χ4n) is 1.98. The Morgan fingerprint density at radius 2 is 2.11 bits per heavy atom. The Bertz CT molecular complexity index is 624. The number of rotatable bonds is 3.